The second kappa shape index (κ2) is 7.74. The molecule has 0 radical (unpaired) electrons. The molecule has 0 spiro atoms. The fourth-order valence-electron chi connectivity index (χ4n) is 3.47. The van der Waals surface area contributed by atoms with Crippen LogP contribution in [0.1, 0.15) is 50.2 Å². The van der Waals surface area contributed by atoms with E-state index in [0.29, 0.717) is 36.2 Å². The summed E-state index contributed by atoms with van der Waals surface area (Å²) in [6, 6.07) is 12.4. The van der Waals surface area contributed by atoms with Gasteiger partial charge in [-0.2, -0.15) is 0 Å². The minimum Gasteiger partial charge on any atom is -0.369 e. The van der Waals surface area contributed by atoms with Crippen LogP contribution >= 0.6 is 0 Å². The number of hydrogen-bond acceptors (Lipinski definition) is 3. The standard InChI is InChI=1S/C22H24N2O3/c1-14-9-10-16(12-15(14)2)20(25)18-7-3-4-8-19(18)22(27)24-11-5-6-17(13-24)21(23)26/h3-4,7-10,12,17H,5-6,11,13H2,1-2H3,(H2,23,26)/t17-/m1/s1. The van der Waals surface area contributed by atoms with Gasteiger partial charge in [0.05, 0.1) is 11.5 Å². The Kier molecular flexibility index (Phi) is 5.40. The first-order valence-electron chi connectivity index (χ1n) is 9.18. The Morgan fingerprint density at radius 2 is 1.70 bits per heavy atom. The smallest absolute Gasteiger partial charge is 0.254 e. The number of aryl methyl sites for hydroxylation is 2. The SMILES string of the molecule is Cc1ccc(C(=O)c2ccccc2C(=O)N2CCC[C@@H](C(N)=O)C2)cc1C. The van der Waals surface area contributed by atoms with Crippen molar-refractivity contribution in [2.75, 3.05) is 13.1 Å². The Morgan fingerprint density at radius 3 is 2.37 bits per heavy atom. The number of amides is 2. The van der Waals surface area contributed by atoms with Gasteiger partial charge in [0.1, 0.15) is 0 Å². The third kappa shape index (κ3) is 3.92. The molecule has 0 aromatic heterocycles. The average Bonchev–Trinajstić information content (AvgIpc) is 2.69. The molecule has 140 valence electrons. The van der Waals surface area contributed by atoms with Gasteiger partial charge in [0.2, 0.25) is 5.91 Å². The van der Waals surface area contributed by atoms with Crippen LogP contribution in [0.2, 0.25) is 0 Å². The quantitative estimate of drug-likeness (QED) is 0.847. The Labute approximate surface area is 159 Å². The summed E-state index contributed by atoms with van der Waals surface area (Å²) in [5.41, 5.74) is 8.87. The van der Waals surface area contributed by atoms with E-state index in [1.807, 2.05) is 26.0 Å². The van der Waals surface area contributed by atoms with Crippen LogP contribution in [0.25, 0.3) is 0 Å². The van der Waals surface area contributed by atoms with Gasteiger partial charge < -0.3 is 10.6 Å². The number of primary amides is 1. The highest BCUT2D eigenvalue weighted by Gasteiger charge is 2.29. The summed E-state index contributed by atoms with van der Waals surface area (Å²) >= 11 is 0. The third-order valence-electron chi connectivity index (χ3n) is 5.28. The molecule has 0 bridgehead atoms. The van der Waals surface area contributed by atoms with E-state index in [0.717, 1.165) is 17.5 Å². The molecule has 5 nitrogen and oxygen atoms in total. The van der Waals surface area contributed by atoms with E-state index in [2.05, 4.69) is 0 Å². The van der Waals surface area contributed by atoms with E-state index in [1.54, 1.807) is 35.2 Å². The van der Waals surface area contributed by atoms with Gasteiger partial charge >= 0.3 is 0 Å². The Bertz CT molecular complexity index is 904. The minimum absolute atomic E-state index is 0.175. The zero-order valence-electron chi connectivity index (χ0n) is 15.7. The molecular weight excluding hydrogens is 340 g/mol. The number of piperidine rings is 1. The van der Waals surface area contributed by atoms with Crippen molar-refractivity contribution in [2.24, 2.45) is 11.7 Å². The van der Waals surface area contributed by atoms with Crippen LogP contribution in [0.3, 0.4) is 0 Å². The maximum absolute atomic E-state index is 13.1. The van der Waals surface area contributed by atoms with E-state index in [-0.39, 0.29) is 23.5 Å². The number of carbonyl (C=O) groups excluding carboxylic acids is 3. The lowest BCUT2D eigenvalue weighted by atomic mass is 9.93. The molecule has 1 atom stereocenters. The van der Waals surface area contributed by atoms with Gasteiger partial charge in [0.25, 0.3) is 5.91 Å². The third-order valence-corrected chi connectivity index (χ3v) is 5.28. The summed E-state index contributed by atoms with van der Waals surface area (Å²) in [5.74, 6) is -1.11. The van der Waals surface area contributed by atoms with Gasteiger partial charge in [-0.25, -0.2) is 0 Å². The zero-order chi connectivity index (χ0) is 19.6. The fourth-order valence-corrected chi connectivity index (χ4v) is 3.47. The van der Waals surface area contributed by atoms with Crippen molar-refractivity contribution in [3.63, 3.8) is 0 Å². The highest BCUT2D eigenvalue weighted by Crippen LogP contribution is 2.22. The van der Waals surface area contributed by atoms with Gasteiger partial charge in [-0.1, -0.05) is 30.3 Å². The van der Waals surface area contributed by atoms with Crippen molar-refractivity contribution < 1.29 is 14.4 Å². The molecule has 2 amide bonds. The van der Waals surface area contributed by atoms with E-state index in [1.165, 1.54) is 0 Å². The van der Waals surface area contributed by atoms with Crippen molar-refractivity contribution in [3.05, 3.63) is 70.3 Å². The topological polar surface area (TPSA) is 80.5 Å². The molecule has 1 heterocycles. The van der Waals surface area contributed by atoms with Crippen molar-refractivity contribution >= 4 is 17.6 Å². The van der Waals surface area contributed by atoms with Gasteiger partial charge in [0.15, 0.2) is 5.78 Å². The summed E-state index contributed by atoms with van der Waals surface area (Å²) < 4.78 is 0. The molecule has 0 saturated carbocycles. The Morgan fingerprint density at radius 1 is 1.00 bits per heavy atom. The summed E-state index contributed by atoms with van der Waals surface area (Å²) in [4.78, 5) is 39.3. The van der Waals surface area contributed by atoms with Crippen molar-refractivity contribution in [1.82, 2.24) is 4.90 Å². The largest absolute Gasteiger partial charge is 0.369 e. The molecule has 2 aromatic rings. The van der Waals surface area contributed by atoms with Crippen LogP contribution in [0.4, 0.5) is 0 Å². The predicted octanol–water partition coefficient (Wildman–Crippen LogP) is 2.87. The molecule has 0 aliphatic carbocycles. The van der Waals surface area contributed by atoms with Crippen molar-refractivity contribution in [3.8, 4) is 0 Å². The maximum Gasteiger partial charge on any atom is 0.254 e. The van der Waals surface area contributed by atoms with Crippen molar-refractivity contribution in [2.45, 2.75) is 26.7 Å². The first-order valence-corrected chi connectivity index (χ1v) is 9.18. The zero-order valence-corrected chi connectivity index (χ0v) is 15.7. The second-order valence-electron chi connectivity index (χ2n) is 7.17. The summed E-state index contributed by atoms with van der Waals surface area (Å²) in [6.07, 6.45) is 1.43. The molecule has 1 aliphatic rings. The van der Waals surface area contributed by atoms with Crippen LogP contribution in [-0.2, 0) is 4.79 Å². The average molecular weight is 364 g/mol. The normalized spacial score (nSPS) is 16.8. The number of nitrogens with two attached hydrogens (primary N) is 1. The number of ketones is 1. The van der Waals surface area contributed by atoms with Crippen LogP contribution in [-0.4, -0.2) is 35.6 Å². The lowest BCUT2D eigenvalue weighted by Crippen LogP contribution is -2.44. The fraction of sp³-hybridized carbons (Fsp3) is 0.318. The second-order valence-corrected chi connectivity index (χ2v) is 7.17. The first-order chi connectivity index (χ1) is 12.9. The van der Waals surface area contributed by atoms with Crippen LogP contribution in [0.15, 0.2) is 42.5 Å². The van der Waals surface area contributed by atoms with E-state index in [9.17, 15) is 14.4 Å². The van der Waals surface area contributed by atoms with Crippen LogP contribution < -0.4 is 5.73 Å². The number of hydrogen-bond donors (Lipinski definition) is 1. The molecular formula is C22H24N2O3. The van der Waals surface area contributed by atoms with E-state index < -0.39 is 0 Å². The predicted molar refractivity (Wildman–Crippen MR) is 104 cm³/mol. The molecule has 1 saturated heterocycles. The molecule has 2 aromatic carbocycles. The van der Waals surface area contributed by atoms with E-state index >= 15 is 0 Å². The number of benzene rings is 2. The summed E-state index contributed by atoms with van der Waals surface area (Å²) in [7, 11) is 0. The molecule has 1 fully saturated rings. The monoisotopic (exact) mass is 364 g/mol. The van der Waals surface area contributed by atoms with Gasteiger partial charge in [-0.3, -0.25) is 14.4 Å². The highest BCUT2D eigenvalue weighted by molar-refractivity contribution is 6.15. The summed E-state index contributed by atoms with van der Waals surface area (Å²) in [5, 5.41) is 0. The molecule has 3 rings (SSSR count). The molecule has 0 unspecified atom stereocenters. The number of likely N-dealkylation sites (tertiary alicyclic amines) is 1. The Hall–Kier alpha value is -2.95. The number of carbonyl (C=O) groups is 3. The van der Waals surface area contributed by atoms with Crippen LogP contribution in [0.5, 0.6) is 0 Å². The van der Waals surface area contributed by atoms with Gasteiger partial charge in [-0.15, -0.1) is 0 Å². The van der Waals surface area contributed by atoms with Gasteiger partial charge in [-0.05, 0) is 49.9 Å². The molecule has 2 N–H and O–H groups in total. The minimum atomic E-state index is -0.382. The maximum atomic E-state index is 13.1. The molecule has 5 heteroatoms. The van der Waals surface area contributed by atoms with Crippen LogP contribution in [0, 0.1) is 19.8 Å². The number of rotatable bonds is 4. The van der Waals surface area contributed by atoms with Crippen molar-refractivity contribution in [1.29, 1.82) is 0 Å². The van der Waals surface area contributed by atoms with Gasteiger partial charge in [0, 0.05) is 24.2 Å². The molecule has 1 aliphatic heterocycles. The lowest BCUT2D eigenvalue weighted by molar-refractivity contribution is -0.123. The lowest BCUT2D eigenvalue weighted by Gasteiger charge is -2.31. The number of nitrogens with zero attached hydrogens (tertiary/aromatic N) is 1. The first kappa shape index (κ1) is 18.8. The Balaban J connectivity index is 1.91. The molecule has 27 heavy (non-hydrogen) atoms. The van der Waals surface area contributed by atoms with E-state index in [4.69, 9.17) is 5.73 Å². The summed E-state index contributed by atoms with van der Waals surface area (Å²) in [6.45, 7) is 4.82. The highest BCUT2D eigenvalue weighted by atomic mass is 16.2.